The molecule has 0 spiro atoms. The maximum atomic E-state index is 13.3. The summed E-state index contributed by atoms with van der Waals surface area (Å²) in [6.07, 6.45) is -3.40. The van der Waals surface area contributed by atoms with Gasteiger partial charge in [0.15, 0.2) is 18.2 Å². The maximum Gasteiger partial charge on any atom is 0.422 e. The Bertz CT molecular complexity index is 1250. The van der Waals surface area contributed by atoms with Crippen molar-refractivity contribution >= 4 is 27.3 Å². The van der Waals surface area contributed by atoms with Crippen molar-refractivity contribution in [3.63, 3.8) is 0 Å². The molecule has 3 aromatic rings. The van der Waals surface area contributed by atoms with E-state index >= 15 is 0 Å². The Hall–Kier alpha value is -3.74. The second-order valence-corrected chi connectivity index (χ2v) is 8.18. The summed E-state index contributed by atoms with van der Waals surface area (Å²) in [6, 6.07) is 9.71. The number of pyridine rings is 1. The van der Waals surface area contributed by atoms with Gasteiger partial charge in [0.25, 0.3) is 15.9 Å². The van der Waals surface area contributed by atoms with Gasteiger partial charge in [-0.25, -0.2) is 22.2 Å². The maximum absolute atomic E-state index is 13.3. The van der Waals surface area contributed by atoms with Crippen LogP contribution in [0.5, 0.6) is 5.88 Å². The molecular formula is C20H14F5N3O4S. The second kappa shape index (κ2) is 9.40. The largest absolute Gasteiger partial charge is 0.468 e. The number of ether oxygens (including phenoxy) is 1. The van der Waals surface area contributed by atoms with E-state index in [-0.39, 0.29) is 22.8 Å². The third kappa shape index (κ3) is 6.62. The van der Waals surface area contributed by atoms with Crippen LogP contribution in [-0.4, -0.2) is 32.1 Å². The van der Waals surface area contributed by atoms with Gasteiger partial charge in [-0.15, -0.1) is 0 Å². The lowest BCUT2D eigenvalue weighted by atomic mass is 10.2. The van der Waals surface area contributed by atoms with Crippen LogP contribution in [0.15, 0.2) is 65.7 Å². The minimum absolute atomic E-state index is 0.0594. The molecule has 0 aliphatic carbocycles. The summed E-state index contributed by atoms with van der Waals surface area (Å²) < 4.78 is 94.0. The predicted molar refractivity (Wildman–Crippen MR) is 107 cm³/mol. The molecule has 0 aliphatic rings. The lowest BCUT2D eigenvalue weighted by molar-refractivity contribution is -0.154. The average molecular weight is 487 g/mol. The fraction of sp³-hybridized carbons (Fsp3) is 0.100. The molecule has 0 saturated heterocycles. The fourth-order valence-corrected chi connectivity index (χ4v) is 3.52. The molecule has 2 aromatic carbocycles. The minimum atomic E-state index is -4.51. The zero-order valence-electron chi connectivity index (χ0n) is 16.4. The number of aromatic nitrogens is 1. The van der Waals surface area contributed by atoms with Gasteiger partial charge in [0.2, 0.25) is 5.88 Å². The summed E-state index contributed by atoms with van der Waals surface area (Å²) in [7, 11) is -4.20. The molecule has 0 atom stereocenters. The van der Waals surface area contributed by atoms with Crippen LogP contribution in [0.3, 0.4) is 0 Å². The number of carbonyl (C=O) groups is 1. The van der Waals surface area contributed by atoms with Gasteiger partial charge in [-0.2, -0.15) is 13.2 Å². The summed E-state index contributed by atoms with van der Waals surface area (Å²) in [5.74, 6) is -3.39. The Morgan fingerprint density at radius 1 is 0.939 bits per heavy atom. The van der Waals surface area contributed by atoms with Crippen molar-refractivity contribution < 1.29 is 39.9 Å². The van der Waals surface area contributed by atoms with Gasteiger partial charge in [0.1, 0.15) is 0 Å². The normalized spacial score (nSPS) is 11.7. The van der Waals surface area contributed by atoms with Crippen molar-refractivity contribution in [1.29, 1.82) is 0 Å². The van der Waals surface area contributed by atoms with Crippen LogP contribution in [0.4, 0.5) is 33.3 Å². The number of sulfonamides is 1. The van der Waals surface area contributed by atoms with E-state index in [2.05, 4.69) is 19.8 Å². The molecule has 0 bridgehead atoms. The zero-order chi connectivity index (χ0) is 24.2. The number of rotatable bonds is 7. The third-order valence-corrected chi connectivity index (χ3v) is 5.36. The molecular weight excluding hydrogens is 473 g/mol. The summed E-state index contributed by atoms with van der Waals surface area (Å²) in [6.45, 7) is -1.50. The first-order valence-electron chi connectivity index (χ1n) is 8.98. The van der Waals surface area contributed by atoms with E-state index in [0.29, 0.717) is 12.1 Å². The molecule has 1 heterocycles. The highest BCUT2D eigenvalue weighted by atomic mass is 32.2. The van der Waals surface area contributed by atoms with Crippen molar-refractivity contribution in [2.75, 3.05) is 16.6 Å². The number of benzene rings is 2. The Morgan fingerprint density at radius 2 is 1.61 bits per heavy atom. The highest BCUT2D eigenvalue weighted by Crippen LogP contribution is 2.20. The average Bonchev–Trinajstić information content (AvgIpc) is 2.74. The standard InChI is InChI=1S/C20H14F5N3O4S/c21-16-7-6-15(9-17(16)22)33(30,31)28-13-3-1-12(2-4-13)19(29)27-14-5-8-18(26-10-14)32-11-20(23,24)25/h1-10,28H,11H2,(H,27,29). The van der Waals surface area contributed by atoms with Gasteiger partial charge in [-0.3, -0.25) is 9.52 Å². The third-order valence-electron chi connectivity index (χ3n) is 3.98. The summed E-state index contributed by atoms with van der Waals surface area (Å²) >= 11 is 0. The van der Waals surface area contributed by atoms with Crippen molar-refractivity contribution in [3.8, 4) is 5.88 Å². The predicted octanol–water partition coefficient (Wildman–Crippen LogP) is 4.35. The number of carbonyl (C=O) groups excluding carboxylic acids is 1. The summed E-state index contributed by atoms with van der Waals surface area (Å²) in [5, 5.41) is 2.47. The first-order chi connectivity index (χ1) is 15.4. The van der Waals surface area contributed by atoms with Crippen LogP contribution in [0.2, 0.25) is 0 Å². The van der Waals surface area contributed by atoms with Crippen molar-refractivity contribution in [3.05, 3.63) is 78.0 Å². The first-order valence-corrected chi connectivity index (χ1v) is 10.5. The monoisotopic (exact) mass is 487 g/mol. The second-order valence-electron chi connectivity index (χ2n) is 6.50. The molecule has 174 valence electrons. The molecule has 2 N–H and O–H groups in total. The molecule has 7 nitrogen and oxygen atoms in total. The van der Waals surface area contributed by atoms with Gasteiger partial charge in [0, 0.05) is 17.3 Å². The minimum Gasteiger partial charge on any atom is -0.468 e. The van der Waals surface area contributed by atoms with E-state index in [9.17, 15) is 35.2 Å². The van der Waals surface area contributed by atoms with Crippen molar-refractivity contribution in [2.24, 2.45) is 0 Å². The van der Waals surface area contributed by atoms with Crippen LogP contribution in [0, 0.1) is 11.6 Å². The topological polar surface area (TPSA) is 97.4 Å². The number of hydrogen-bond donors (Lipinski definition) is 2. The van der Waals surface area contributed by atoms with Crippen LogP contribution in [0.1, 0.15) is 10.4 Å². The molecule has 1 amide bonds. The van der Waals surface area contributed by atoms with Crippen LogP contribution >= 0.6 is 0 Å². The van der Waals surface area contributed by atoms with Gasteiger partial charge in [0.05, 0.1) is 16.8 Å². The number of nitrogens with zero attached hydrogens (tertiary/aromatic N) is 1. The van der Waals surface area contributed by atoms with E-state index in [4.69, 9.17) is 0 Å². The van der Waals surface area contributed by atoms with E-state index in [1.54, 1.807) is 0 Å². The lowest BCUT2D eigenvalue weighted by Gasteiger charge is -2.10. The zero-order valence-corrected chi connectivity index (χ0v) is 17.2. The molecule has 33 heavy (non-hydrogen) atoms. The number of nitrogens with one attached hydrogen (secondary N) is 2. The van der Waals surface area contributed by atoms with E-state index in [1.807, 2.05) is 0 Å². The van der Waals surface area contributed by atoms with Crippen LogP contribution < -0.4 is 14.8 Å². The van der Waals surface area contributed by atoms with Gasteiger partial charge in [-0.1, -0.05) is 0 Å². The molecule has 0 aliphatic heterocycles. The van der Waals surface area contributed by atoms with Gasteiger partial charge >= 0.3 is 6.18 Å². The quantitative estimate of drug-likeness (QED) is 0.483. The molecule has 0 saturated carbocycles. The molecule has 3 rings (SSSR count). The Morgan fingerprint density at radius 3 is 2.18 bits per heavy atom. The van der Waals surface area contributed by atoms with Crippen molar-refractivity contribution in [2.45, 2.75) is 11.1 Å². The molecule has 0 radical (unpaired) electrons. The van der Waals surface area contributed by atoms with Crippen molar-refractivity contribution in [1.82, 2.24) is 4.98 Å². The highest BCUT2D eigenvalue weighted by Gasteiger charge is 2.28. The van der Waals surface area contributed by atoms with Crippen LogP contribution in [0.25, 0.3) is 0 Å². The summed E-state index contributed by atoms with van der Waals surface area (Å²) in [5.41, 5.74) is 0.370. The molecule has 1 aromatic heterocycles. The lowest BCUT2D eigenvalue weighted by Crippen LogP contribution is -2.19. The molecule has 0 fully saturated rings. The smallest absolute Gasteiger partial charge is 0.422 e. The van der Waals surface area contributed by atoms with Gasteiger partial charge < -0.3 is 10.1 Å². The number of halogens is 5. The van der Waals surface area contributed by atoms with E-state index in [1.165, 1.54) is 30.3 Å². The summed E-state index contributed by atoms with van der Waals surface area (Å²) in [4.78, 5) is 15.5. The van der Waals surface area contributed by atoms with Crippen LogP contribution in [-0.2, 0) is 10.0 Å². The molecule has 0 unspecified atom stereocenters. The number of hydrogen-bond acceptors (Lipinski definition) is 5. The van der Waals surface area contributed by atoms with E-state index < -0.39 is 45.2 Å². The van der Waals surface area contributed by atoms with Gasteiger partial charge in [-0.05, 0) is 48.5 Å². The highest BCUT2D eigenvalue weighted by molar-refractivity contribution is 7.92. The van der Waals surface area contributed by atoms with E-state index in [0.717, 1.165) is 18.3 Å². The Labute approximate surface area is 184 Å². The fourth-order valence-electron chi connectivity index (χ4n) is 2.45. The SMILES string of the molecule is O=C(Nc1ccc(OCC(F)(F)F)nc1)c1ccc(NS(=O)(=O)c2ccc(F)c(F)c2)cc1. The first kappa shape index (κ1) is 23.9. The number of alkyl halides is 3. The number of anilines is 2. The Balaban J connectivity index is 1.62. The number of amides is 1. The Kier molecular flexibility index (Phi) is 6.81. The molecule has 13 heteroatoms.